The average molecular weight is 315 g/mol. The van der Waals surface area contributed by atoms with Crippen LogP contribution in [0.1, 0.15) is 29.0 Å². The lowest BCUT2D eigenvalue weighted by molar-refractivity contribution is 0.102. The Balaban J connectivity index is 1.85. The van der Waals surface area contributed by atoms with Gasteiger partial charge in [0.05, 0.1) is 17.8 Å². The van der Waals surface area contributed by atoms with Gasteiger partial charge >= 0.3 is 0 Å². The Bertz CT molecular complexity index is 698. The van der Waals surface area contributed by atoms with Gasteiger partial charge in [0.25, 0.3) is 5.91 Å². The van der Waals surface area contributed by atoms with Crippen molar-refractivity contribution in [1.82, 2.24) is 9.97 Å². The first-order valence-corrected chi connectivity index (χ1v) is 7.55. The number of para-hydroxylation sites is 1. The first kappa shape index (κ1) is 15.4. The third-order valence-electron chi connectivity index (χ3n) is 3.83. The minimum atomic E-state index is -0.456. The predicted molar refractivity (Wildman–Crippen MR) is 85.7 cm³/mol. The number of halogens is 1. The van der Waals surface area contributed by atoms with Crippen LogP contribution in [0.3, 0.4) is 0 Å². The van der Waals surface area contributed by atoms with Gasteiger partial charge in [0.1, 0.15) is 17.3 Å². The second-order valence-corrected chi connectivity index (χ2v) is 5.37. The molecule has 1 fully saturated rings. The molecule has 0 bridgehead atoms. The Hall–Kier alpha value is -2.54. The number of aromatic nitrogens is 2. The quantitative estimate of drug-likeness (QED) is 0.900. The average Bonchev–Trinajstić information content (AvgIpc) is 3.11. The molecule has 0 atom stereocenters. The second kappa shape index (κ2) is 6.70. The Kier molecular flexibility index (Phi) is 4.47. The van der Waals surface area contributed by atoms with Crippen molar-refractivity contribution < 1.29 is 9.18 Å². The molecule has 1 aliphatic rings. The van der Waals surface area contributed by atoms with Crippen LogP contribution in [0.4, 0.5) is 15.8 Å². The van der Waals surface area contributed by atoms with Crippen molar-refractivity contribution in [3.63, 3.8) is 0 Å². The third kappa shape index (κ3) is 3.29. The molecule has 0 saturated carbocycles. The van der Waals surface area contributed by atoms with E-state index in [-0.39, 0.29) is 17.8 Å². The summed E-state index contributed by atoms with van der Waals surface area (Å²) in [6.07, 6.45) is 4.92. The van der Waals surface area contributed by atoms with Crippen molar-refractivity contribution in [1.29, 1.82) is 0 Å². The maximum absolute atomic E-state index is 14.2. The number of nitrogens with two attached hydrogens (primary N) is 1. The van der Waals surface area contributed by atoms with E-state index in [1.807, 2.05) is 6.07 Å². The summed E-state index contributed by atoms with van der Waals surface area (Å²) >= 11 is 0. The number of carbonyl (C=O) groups is 1. The van der Waals surface area contributed by atoms with Gasteiger partial charge in [-0.3, -0.25) is 4.79 Å². The van der Waals surface area contributed by atoms with Gasteiger partial charge in [0.2, 0.25) is 0 Å². The van der Waals surface area contributed by atoms with Crippen LogP contribution in [0, 0.1) is 5.82 Å². The molecule has 6 nitrogen and oxygen atoms in total. The zero-order chi connectivity index (χ0) is 16.2. The largest absolute Gasteiger partial charge is 0.370 e. The van der Waals surface area contributed by atoms with Crippen molar-refractivity contribution in [3.8, 4) is 0 Å². The molecular formula is C16H18FN5O. The van der Waals surface area contributed by atoms with Crippen LogP contribution in [-0.4, -0.2) is 29.0 Å². The molecule has 0 unspecified atom stereocenters. The Morgan fingerprint density at radius 3 is 2.61 bits per heavy atom. The summed E-state index contributed by atoms with van der Waals surface area (Å²) in [5.41, 5.74) is 6.59. The second-order valence-electron chi connectivity index (χ2n) is 5.37. The molecule has 1 amide bonds. The molecule has 0 aliphatic carbocycles. The summed E-state index contributed by atoms with van der Waals surface area (Å²) in [6, 6.07) is 4.80. The summed E-state index contributed by atoms with van der Waals surface area (Å²) in [5.74, 6) is -0.452. The van der Waals surface area contributed by atoms with E-state index in [9.17, 15) is 9.18 Å². The standard InChI is InChI=1S/C16H18FN5O/c17-12-4-3-5-13(22-6-1-2-7-22)15(12)21-16(23)11-9-19-14(8-18)20-10-11/h3-5,9-10H,1-2,6-8,18H2,(H,21,23). The number of benzene rings is 1. The van der Waals surface area contributed by atoms with Gasteiger partial charge in [0, 0.05) is 25.5 Å². The van der Waals surface area contributed by atoms with Gasteiger partial charge in [0.15, 0.2) is 0 Å². The summed E-state index contributed by atoms with van der Waals surface area (Å²) in [4.78, 5) is 22.4. The topological polar surface area (TPSA) is 84.1 Å². The lowest BCUT2D eigenvalue weighted by Gasteiger charge is -2.21. The van der Waals surface area contributed by atoms with Gasteiger partial charge in [-0.25, -0.2) is 14.4 Å². The molecule has 0 spiro atoms. The van der Waals surface area contributed by atoms with E-state index in [1.165, 1.54) is 18.5 Å². The fourth-order valence-corrected chi connectivity index (χ4v) is 2.62. The zero-order valence-corrected chi connectivity index (χ0v) is 12.6. The summed E-state index contributed by atoms with van der Waals surface area (Å²) in [6.45, 7) is 1.93. The van der Waals surface area contributed by atoms with E-state index in [0.717, 1.165) is 25.9 Å². The lowest BCUT2D eigenvalue weighted by atomic mass is 10.2. The first-order chi connectivity index (χ1) is 11.2. The first-order valence-electron chi connectivity index (χ1n) is 7.55. The lowest BCUT2D eigenvalue weighted by Crippen LogP contribution is -2.22. The molecule has 2 heterocycles. The van der Waals surface area contributed by atoms with Crippen LogP contribution in [-0.2, 0) is 6.54 Å². The van der Waals surface area contributed by atoms with Gasteiger partial charge in [-0.05, 0) is 25.0 Å². The number of nitrogens with zero attached hydrogens (tertiary/aromatic N) is 3. The number of hydrogen-bond donors (Lipinski definition) is 2. The Morgan fingerprint density at radius 1 is 1.26 bits per heavy atom. The highest BCUT2D eigenvalue weighted by Gasteiger charge is 2.20. The number of anilines is 2. The molecule has 1 aromatic carbocycles. The molecule has 2 aromatic rings. The molecule has 3 N–H and O–H groups in total. The van der Waals surface area contributed by atoms with Crippen LogP contribution in [0.15, 0.2) is 30.6 Å². The number of amides is 1. The van der Waals surface area contributed by atoms with Crippen molar-refractivity contribution in [3.05, 3.63) is 47.8 Å². The van der Waals surface area contributed by atoms with Gasteiger partial charge < -0.3 is 16.0 Å². The van der Waals surface area contributed by atoms with Crippen molar-refractivity contribution in [2.24, 2.45) is 5.73 Å². The number of carbonyl (C=O) groups excluding carboxylic acids is 1. The van der Waals surface area contributed by atoms with Crippen molar-refractivity contribution in [2.45, 2.75) is 19.4 Å². The fourth-order valence-electron chi connectivity index (χ4n) is 2.62. The van der Waals surface area contributed by atoms with E-state index < -0.39 is 11.7 Å². The highest BCUT2D eigenvalue weighted by Crippen LogP contribution is 2.31. The van der Waals surface area contributed by atoms with E-state index in [1.54, 1.807) is 6.07 Å². The molecule has 1 aromatic heterocycles. The molecule has 3 rings (SSSR count). The van der Waals surface area contributed by atoms with Crippen molar-refractivity contribution in [2.75, 3.05) is 23.3 Å². The molecule has 1 saturated heterocycles. The predicted octanol–water partition coefficient (Wildman–Crippen LogP) is 1.93. The van der Waals surface area contributed by atoms with Crippen LogP contribution in [0.5, 0.6) is 0 Å². The minimum Gasteiger partial charge on any atom is -0.370 e. The van der Waals surface area contributed by atoms with Crippen LogP contribution in [0.25, 0.3) is 0 Å². The van der Waals surface area contributed by atoms with Crippen LogP contribution in [0.2, 0.25) is 0 Å². The Labute approximate surface area is 133 Å². The van der Waals surface area contributed by atoms with E-state index in [2.05, 4.69) is 20.2 Å². The zero-order valence-electron chi connectivity index (χ0n) is 12.6. The number of hydrogen-bond acceptors (Lipinski definition) is 5. The normalized spacial score (nSPS) is 14.1. The minimum absolute atomic E-state index is 0.197. The highest BCUT2D eigenvalue weighted by atomic mass is 19.1. The molecule has 0 radical (unpaired) electrons. The smallest absolute Gasteiger partial charge is 0.258 e. The number of nitrogens with one attached hydrogen (secondary N) is 1. The summed E-state index contributed by atoms with van der Waals surface area (Å²) in [5, 5.41) is 2.64. The maximum Gasteiger partial charge on any atom is 0.258 e. The monoisotopic (exact) mass is 315 g/mol. The SMILES string of the molecule is NCc1ncc(C(=O)Nc2c(F)cccc2N2CCCC2)cn1. The summed E-state index contributed by atoms with van der Waals surface area (Å²) < 4.78 is 14.2. The summed E-state index contributed by atoms with van der Waals surface area (Å²) in [7, 11) is 0. The van der Waals surface area contributed by atoms with Crippen LogP contribution >= 0.6 is 0 Å². The van der Waals surface area contributed by atoms with Gasteiger partial charge in [-0.2, -0.15) is 0 Å². The molecular weight excluding hydrogens is 297 g/mol. The Morgan fingerprint density at radius 2 is 1.96 bits per heavy atom. The molecule has 23 heavy (non-hydrogen) atoms. The van der Waals surface area contributed by atoms with E-state index in [4.69, 9.17) is 5.73 Å². The molecule has 1 aliphatic heterocycles. The molecule has 120 valence electrons. The van der Waals surface area contributed by atoms with Gasteiger partial charge in [-0.1, -0.05) is 6.07 Å². The maximum atomic E-state index is 14.2. The third-order valence-corrected chi connectivity index (χ3v) is 3.83. The van der Waals surface area contributed by atoms with Crippen LogP contribution < -0.4 is 16.0 Å². The fraction of sp³-hybridized carbons (Fsp3) is 0.312. The molecule has 7 heteroatoms. The highest BCUT2D eigenvalue weighted by molar-refractivity contribution is 6.05. The van der Waals surface area contributed by atoms with Crippen molar-refractivity contribution >= 4 is 17.3 Å². The van der Waals surface area contributed by atoms with E-state index >= 15 is 0 Å². The van der Waals surface area contributed by atoms with Gasteiger partial charge in [-0.15, -0.1) is 0 Å². The van der Waals surface area contributed by atoms with E-state index in [0.29, 0.717) is 11.5 Å². The number of rotatable bonds is 4.